The number of halogens is 3. The Bertz CT molecular complexity index is 1170. The van der Waals surface area contributed by atoms with Crippen LogP contribution in [0.3, 0.4) is 0 Å². The van der Waals surface area contributed by atoms with Crippen LogP contribution in [0.15, 0.2) is 51.7 Å². The Morgan fingerprint density at radius 2 is 1.93 bits per heavy atom. The minimum atomic E-state index is -4.54. The van der Waals surface area contributed by atoms with Crippen LogP contribution >= 0.6 is 0 Å². The van der Waals surface area contributed by atoms with Crippen LogP contribution in [-0.4, -0.2) is 24.5 Å². The SMILES string of the molecule is COc1ccc2c3c(c(=O)oc2c1)CN(C(=O)c1cccc(C(F)(F)F)c1)CC3. The second-order valence-corrected chi connectivity index (χ2v) is 6.76. The van der Waals surface area contributed by atoms with Crippen molar-refractivity contribution in [2.75, 3.05) is 13.7 Å². The third kappa shape index (κ3) is 3.46. The van der Waals surface area contributed by atoms with Gasteiger partial charge in [-0.15, -0.1) is 0 Å². The van der Waals surface area contributed by atoms with Crippen LogP contribution in [0.25, 0.3) is 11.0 Å². The summed E-state index contributed by atoms with van der Waals surface area (Å²) >= 11 is 0. The van der Waals surface area contributed by atoms with E-state index in [2.05, 4.69) is 0 Å². The van der Waals surface area contributed by atoms with Gasteiger partial charge >= 0.3 is 11.8 Å². The molecule has 0 aliphatic carbocycles. The average molecular weight is 403 g/mol. The maximum atomic E-state index is 12.9. The lowest BCUT2D eigenvalue weighted by molar-refractivity contribution is -0.137. The number of rotatable bonds is 2. The van der Waals surface area contributed by atoms with Crippen molar-refractivity contribution in [1.29, 1.82) is 0 Å². The highest BCUT2D eigenvalue weighted by Gasteiger charge is 2.32. The Kier molecular flexibility index (Phi) is 4.56. The number of alkyl halides is 3. The number of nitrogens with zero attached hydrogens (tertiary/aromatic N) is 1. The van der Waals surface area contributed by atoms with E-state index in [-0.39, 0.29) is 18.7 Å². The van der Waals surface area contributed by atoms with Crippen LogP contribution in [0.1, 0.15) is 27.0 Å². The van der Waals surface area contributed by atoms with E-state index in [4.69, 9.17) is 9.15 Å². The molecule has 1 aliphatic rings. The van der Waals surface area contributed by atoms with Gasteiger partial charge < -0.3 is 14.1 Å². The lowest BCUT2D eigenvalue weighted by Gasteiger charge is -2.29. The van der Waals surface area contributed by atoms with Gasteiger partial charge in [0.15, 0.2) is 0 Å². The van der Waals surface area contributed by atoms with Crippen molar-refractivity contribution >= 4 is 16.9 Å². The zero-order valence-electron chi connectivity index (χ0n) is 15.4. The fraction of sp³-hybridized carbons (Fsp3) is 0.238. The number of carbonyl (C=O) groups is 1. The smallest absolute Gasteiger partial charge is 0.416 e. The molecule has 5 nitrogen and oxygen atoms in total. The standard InChI is InChI=1S/C21H16F3NO4/c1-28-14-5-6-16-15-7-8-25(11-17(15)20(27)29-18(16)10-14)19(26)12-3-2-4-13(9-12)21(22,23)24/h2-6,9-10H,7-8,11H2,1H3. The lowest BCUT2D eigenvalue weighted by atomic mass is 9.97. The summed E-state index contributed by atoms with van der Waals surface area (Å²) < 4.78 is 49.3. The van der Waals surface area contributed by atoms with Crippen LogP contribution in [0, 0.1) is 0 Å². The lowest BCUT2D eigenvalue weighted by Crippen LogP contribution is -2.38. The van der Waals surface area contributed by atoms with E-state index < -0.39 is 23.3 Å². The number of ether oxygens (including phenoxy) is 1. The molecule has 150 valence electrons. The molecule has 1 amide bonds. The maximum Gasteiger partial charge on any atom is 0.416 e. The predicted molar refractivity (Wildman–Crippen MR) is 98.9 cm³/mol. The number of hydrogen-bond donors (Lipinski definition) is 0. The van der Waals surface area contributed by atoms with Gasteiger partial charge in [0.1, 0.15) is 11.3 Å². The molecule has 0 unspecified atom stereocenters. The van der Waals surface area contributed by atoms with Crippen molar-refractivity contribution in [3.8, 4) is 5.75 Å². The number of hydrogen-bond acceptors (Lipinski definition) is 4. The van der Waals surface area contributed by atoms with Gasteiger partial charge in [-0.25, -0.2) is 4.79 Å². The van der Waals surface area contributed by atoms with Crippen LogP contribution in [0.2, 0.25) is 0 Å². The van der Waals surface area contributed by atoms with E-state index in [1.165, 1.54) is 24.1 Å². The number of amides is 1. The van der Waals surface area contributed by atoms with Gasteiger partial charge in [-0.1, -0.05) is 6.07 Å². The first-order valence-corrected chi connectivity index (χ1v) is 8.87. The topological polar surface area (TPSA) is 59.8 Å². The second kappa shape index (κ2) is 6.95. The summed E-state index contributed by atoms with van der Waals surface area (Å²) in [5, 5.41) is 0.756. The Hall–Kier alpha value is -3.29. The van der Waals surface area contributed by atoms with E-state index >= 15 is 0 Å². The minimum absolute atomic E-state index is 0.0191. The summed E-state index contributed by atoms with van der Waals surface area (Å²) in [7, 11) is 1.51. The molecule has 0 spiro atoms. The largest absolute Gasteiger partial charge is 0.497 e. The van der Waals surface area contributed by atoms with Crippen molar-refractivity contribution in [3.05, 3.63) is 75.1 Å². The Morgan fingerprint density at radius 1 is 1.14 bits per heavy atom. The highest BCUT2D eigenvalue weighted by atomic mass is 19.4. The molecule has 1 aromatic heterocycles. The summed E-state index contributed by atoms with van der Waals surface area (Å²) in [4.78, 5) is 26.6. The first kappa shape index (κ1) is 19.0. The van der Waals surface area contributed by atoms with Gasteiger partial charge in [0.2, 0.25) is 0 Å². The van der Waals surface area contributed by atoms with Gasteiger partial charge in [-0.2, -0.15) is 13.2 Å². The normalized spacial score (nSPS) is 14.0. The van der Waals surface area contributed by atoms with Crippen molar-refractivity contribution in [2.45, 2.75) is 19.1 Å². The first-order valence-electron chi connectivity index (χ1n) is 8.87. The number of benzene rings is 2. The fourth-order valence-electron chi connectivity index (χ4n) is 3.56. The fourth-order valence-corrected chi connectivity index (χ4v) is 3.56. The van der Waals surface area contributed by atoms with Gasteiger partial charge in [0.05, 0.1) is 24.8 Å². The van der Waals surface area contributed by atoms with Crippen molar-refractivity contribution in [1.82, 2.24) is 4.90 Å². The van der Waals surface area contributed by atoms with Crippen LogP contribution < -0.4 is 10.4 Å². The average Bonchev–Trinajstić information content (AvgIpc) is 2.72. The third-order valence-corrected chi connectivity index (χ3v) is 5.03. The Balaban J connectivity index is 1.68. The summed E-state index contributed by atoms with van der Waals surface area (Å²) in [6.45, 7) is 0.265. The third-order valence-electron chi connectivity index (χ3n) is 5.03. The second-order valence-electron chi connectivity index (χ2n) is 6.76. The molecule has 3 aromatic rings. The number of methoxy groups -OCH3 is 1. The molecule has 8 heteroatoms. The quantitative estimate of drug-likeness (QED) is 0.607. The molecule has 1 aliphatic heterocycles. The molecule has 0 N–H and O–H groups in total. The van der Waals surface area contributed by atoms with Crippen LogP contribution in [0.4, 0.5) is 13.2 Å². The van der Waals surface area contributed by atoms with Crippen LogP contribution in [-0.2, 0) is 19.1 Å². The zero-order valence-corrected chi connectivity index (χ0v) is 15.4. The summed E-state index contributed by atoms with van der Waals surface area (Å²) in [6.07, 6.45) is -4.14. The molecule has 2 heterocycles. The summed E-state index contributed by atoms with van der Waals surface area (Å²) in [6, 6.07) is 9.44. The van der Waals surface area contributed by atoms with Crippen molar-refractivity contribution < 1.29 is 27.1 Å². The monoisotopic (exact) mass is 403 g/mol. The highest BCUT2D eigenvalue weighted by molar-refractivity contribution is 5.95. The molecule has 0 radical (unpaired) electrons. The molecule has 4 rings (SSSR count). The van der Waals surface area contributed by atoms with E-state index in [1.807, 2.05) is 0 Å². The first-order chi connectivity index (χ1) is 13.8. The molecule has 0 saturated carbocycles. The highest BCUT2D eigenvalue weighted by Crippen LogP contribution is 2.31. The van der Waals surface area contributed by atoms with Crippen LogP contribution in [0.5, 0.6) is 5.75 Å². The molecule has 0 fully saturated rings. The predicted octanol–water partition coefficient (Wildman–Crippen LogP) is 4.02. The van der Waals surface area contributed by atoms with E-state index in [0.717, 1.165) is 23.1 Å². The number of carbonyl (C=O) groups excluding carboxylic acids is 1. The minimum Gasteiger partial charge on any atom is -0.497 e. The maximum absolute atomic E-state index is 12.9. The van der Waals surface area contributed by atoms with E-state index in [1.54, 1.807) is 18.2 Å². The summed E-state index contributed by atoms with van der Waals surface area (Å²) in [5.74, 6) is -0.00580. The zero-order chi connectivity index (χ0) is 20.8. The van der Waals surface area contributed by atoms with Gasteiger partial charge in [0, 0.05) is 23.6 Å². The molecule has 29 heavy (non-hydrogen) atoms. The Labute approximate surface area is 163 Å². The van der Waals surface area contributed by atoms with E-state index in [0.29, 0.717) is 23.3 Å². The van der Waals surface area contributed by atoms with Gasteiger partial charge in [-0.05, 0) is 42.3 Å². The number of fused-ring (bicyclic) bond motifs is 3. The van der Waals surface area contributed by atoms with Crippen molar-refractivity contribution in [2.24, 2.45) is 0 Å². The molecule has 0 bridgehead atoms. The molecule has 0 atom stereocenters. The molecule has 0 saturated heterocycles. The van der Waals surface area contributed by atoms with Crippen molar-refractivity contribution in [3.63, 3.8) is 0 Å². The summed E-state index contributed by atoms with van der Waals surface area (Å²) in [5.41, 5.74) is -0.00677. The van der Waals surface area contributed by atoms with Gasteiger partial charge in [-0.3, -0.25) is 4.79 Å². The Morgan fingerprint density at radius 3 is 2.66 bits per heavy atom. The molecular weight excluding hydrogens is 387 g/mol. The molecule has 2 aromatic carbocycles. The van der Waals surface area contributed by atoms with Gasteiger partial charge in [0.25, 0.3) is 5.91 Å². The molecular formula is C21H16F3NO4. The van der Waals surface area contributed by atoms with E-state index in [9.17, 15) is 22.8 Å².